The number of aliphatic carboxylic acids is 1. The van der Waals surface area contributed by atoms with E-state index in [1.807, 2.05) is 0 Å². The summed E-state index contributed by atoms with van der Waals surface area (Å²) in [6, 6.07) is 12.3. The quantitative estimate of drug-likeness (QED) is 0.528. The Morgan fingerprint density at radius 2 is 1.71 bits per heavy atom. The zero-order valence-electron chi connectivity index (χ0n) is 16.4. The van der Waals surface area contributed by atoms with Crippen LogP contribution >= 0.6 is 11.3 Å². The van der Waals surface area contributed by atoms with Gasteiger partial charge < -0.3 is 19.9 Å². The second-order valence-electron chi connectivity index (χ2n) is 7.12. The average molecular weight is 453 g/mol. The van der Waals surface area contributed by atoms with Crippen molar-refractivity contribution in [1.82, 2.24) is 5.32 Å². The molecule has 1 aromatic heterocycles. The number of thiophene rings is 1. The largest absolute Gasteiger partial charge is 0.573 e. The maximum atomic E-state index is 12.8. The van der Waals surface area contributed by atoms with Crippen LogP contribution in [0.1, 0.15) is 29.1 Å². The highest BCUT2D eigenvalue weighted by Gasteiger charge is 2.32. The second kappa shape index (κ2) is 8.46. The number of nitrogens with one attached hydrogen (secondary N) is 1. The highest BCUT2D eigenvalue weighted by atomic mass is 32.1. The zero-order chi connectivity index (χ0) is 22.8. The molecular formula is C21H18F3NO5S. The minimum atomic E-state index is -4.78. The Morgan fingerprint density at radius 1 is 1.06 bits per heavy atom. The maximum absolute atomic E-state index is 12.8. The topological polar surface area (TPSA) is 84.9 Å². The van der Waals surface area contributed by atoms with Crippen molar-refractivity contribution in [3.63, 3.8) is 0 Å². The van der Waals surface area contributed by atoms with Crippen molar-refractivity contribution in [1.29, 1.82) is 0 Å². The van der Waals surface area contributed by atoms with Gasteiger partial charge in [0, 0.05) is 10.1 Å². The number of carboxylic acid groups (broad SMARTS) is 1. The van der Waals surface area contributed by atoms with Crippen LogP contribution in [0.5, 0.6) is 11.5 Å². The van der Waals surface area contributed by atoms with E-state index in [0.29, 0.717) is 10.9 Å². The molecule has 0 saturated carbocycles. The lowest BCUT2D eigenvalue weighted by Gasteiger charge is -2.20. The first-order valence-electron chi connectivity index (χ1n) is 9.01. The van der Waals surface area contributed by atoms with Gasteiger partial charge in [-0.05, 0) is 43.7 Å². The number of benzene rings is 2. The Hall–Kier alpha value is -3.27. The van der Waals surface area contributed by atoms with Crippen molar-refractivity contribution in [2.24, 2.45) is 0 Å². The first-order chi connectivity index (χ1) is 14.5. The van der Waals surface area contributed by atoms with Crippen LogP contribution in [-0.4, -0.2) is 28.9 Å². The Bertz CT molecular complexity index is 1110. The molecule has 0 atom stereocenters. The molecule has 0 spiro atoms. The van der Waals surface area contributed by atoms with E-state index in [1.165, 1.54) is 38.1 Å². The molecule has 2 N–H and O–H groups in total. The van der Waals surface area contributed by atoms with Gasteiger partial charge >= 0.3 is 12.3 Å². The third kappa shape index (κ3) is 5.46. The van der Waals surface area contributed by atoms with Crippen molar-refractivity contribution < 1.29 is 37.3 Å². The van der Waals surface area contributed by atoms with Crippen LogP contribution in [-0.2, 0) is 11.4 Å². The first-order valence-corrected chi connectivity index (χ1v) is 9.83. The fraction of sp³-hybridized carbons (Fsp3) is 0.238. The SMILES string of the molecule is CC(C)(NC(=O)c1sc2ccccc2c1OCc1ccc(OC(F)(F)F)cc1)C(=O)O. The Kier molecular flexibility index (Phi) is 6.12. The predicted molar refractivity (Wildman–Crippen MR) is 108 cm³/mol. The Morgan fingerprint density at radius 3 is 2.32 bits per heavy atom. The van der Waals surface area contributed by atoms with E-state index in [1.54, 1.807) is 24.3 Å². The lowest BCUT2D eigenvalue weighted by atomic mass is 10.1. The molecule has 0 unspecified atom stereocenters. The summed E-state index contributed by atoms with van der Waals surface area (Å²) in [5.74, 6) is -1.87. The van der Waals surface area contributed by atoms with E-state index in [-0.39, 0.29) is 23.0 Å². The number of halogens is 3. The fourth-order valence-corrected chi connectivity index (χ4v) is 3.69. The van der Waals surface area contributed by atoms with Gasteiger partial charge in [0.2, 0.25) is 0 Å². The van der Waals surface area contributed by atoms with Crippen molar-refractivity contribution in [2.45, 2.75) is 32.4 Å². The van der Waals surface area contributed by atoms with Crippen LogP contribution in [0.4, 0.5) is 13.2 Å². The number of carboxylic acids is 1. The van der Waals surface area contributed by atoms with Gasteiger partial charge in [-0.3, -0.25) is 4.79 Å². The molecule has 31 heavy (non-hydrogen) atoms. The number of amides is 1. The van der Waals surface area contributed by atoms with E-state index in [9.17, 15) is 27.9 Å². The third-order valence-corrected chi connectivity index (χ3v) is 5.41. The highest BCUT2D eigenvalue weighted by Crippen LogP contribution is 2.38. The van der Waals surface area contributed by atoms with Crippen LogP contribution in [0.3, 0.4) is 0 Å². The predicted octanol–water partition coefficient (Wildman–Crippen LogP) is 4.97. The monoisotopic (exact) mass is 453 g/mol. The van der Waals surface area contributed by atoms with Crippen molar-refractivity contribution in [2.75, 3.05) is 0 Å². The molecule has 1 amide bonds. The van der Waals surface area contributed by atoms with Gasteiger partial charge in [-0.15, -0.1) is 24.5 Å². The summed E-state index contributed by atoms with van der Waals surface area (Å²) in [5, 5.41) is 12.4. The minimum absolute atomic E-state index is 0.0182. The smallest absolute Gasteiger partial charge is 0.487 e. The molecule has 0 aliphatic heterocycles. The molecule has 0 saturated heterocycles. The van der Waals surface area contributed by atoms with Crippen molar-refractivity contribution >= 4 is 33.3 Å². The number of alkyl halides is 3. The number of carbonyl (C=O) groups is 2. The number of carbonyl (C=O) groups excluding carboxylic acids is 1. The summed E-state index contributed by atoms with van der Waals surface area (Å²) >= 11 is 1.15. The van der Waals surface area contributed by atoms with Gasteiger partial charge in [0.25, 0.3) is 5.91 Å². The molecule has 0 bridgehead atoms. The second-order valence-corrected chi connectivity index (χ2v) is 8.17. The molecule has 2 aromatic carbocycles. The molecule has 6 nitrogen and oxygen atoms in total. The fourth-order valence-electron chi connectivity index (χ4n) is 2.65. The standard InChI is InChI=1S/C21H18F3NO5S/c1-20(2,19(27)28)25-18(26)17-16(14-5-3-4-6-15(14)31-17)29-11-12-7-9-13(10-8-12)30-21(22,23)24/h3-10H,11H2,1-2H3,(H,25,26)(H,27,28). The first kappa shape index (κ1) is 22.4. The molecule has 10 heteroatoms. The summed E-state index contributed by atoms with van der Waals surface area (Å²) < 4.78 is 47.3. The zero-order valence-corrected chi connectivity index (χ0v) is 17.3. The summed E-state index contributed by atoms with van der Waals surface area (Å²) in [5.41, 5.74) is -0.930. The van der Waals surface area contributed by atoms with Crippen molar-refractivity contribution in [3.8, 4) is 11.5 Å². The van der Waals surface area contributed by atoms with E-state index < -0.39 is 23.8 Å². The van der Waals surface area contributed by atoms with Crippen LogP contribution < -0.4 is 14.8 Å². The Labute approximate surface area is 179 Å². The normalized spacial score (nSPS) is 11.9. The molecule has 0 fully saturated rings. The Balaban J connectivity index is 1.83. The molecule has 164 valence electrons. The van der Waals surface area contributed by atoms with Crippen LogP contribution in [0.25, 0.3) is 10.1 Å². The molecule has 0 radical (unpaired) electrons. The number of hydrogen-bond acceptors (Lipinski definition) is 5. The molecule has 0 aliphatic rings. The summed E-state index contributed by atoms with van der Waals surface area (Å²) in [6.07, 6.45) is -4.78. The van der Waals surface area contributed by atoms with Gasteiger partial charge in [0.15, 0.2) is 5.75 Å². The summed E-state index contributed by atoms with van der Waals surface area (Å²) in [4.78, 5) is 24.3. The number of rotatable bonds is 7. The molecule has 3 rings (SSSR count). The van der Waals surface area contributed by atoms with Crippen LogP contribution in [0.2, 0.25) is 0 Å². The van der Waals surface area contributed by atoms with Gasteiger partial charge in [-0.2, -0.15) is 0 Å². The van der Waals surface area contributed by atoms with Gasteiger partial charge in [0.05, 0.1) is 0 Å². The van der Waals surface area contributed by atoms with Gasteiger partial charge in [0.1, 0.15) is 22.8 Å². The summed E-state index contributed by atoms with van der Waals surface area (Å²) in [7, 11) is 0. The molecule has 0 aliphatic carbocycles. The highest BCUT2D eigenvalue weighted by molar-refractivity contribution is 7.21. The van der Waals surface area contributed by atoms with E-state index in [2.05, 4.69) is 10.1 Å². The minimum Gasteiger partial charge on any atom is -0.487 e. The van der Waals surface area contributed by atoms with Crippen LogP contribution in [0, 0.1) is 0 Å². The number of hydrogen-bond donors (Lipinski definition) is 2. The molecular weight excluding hydrogens is 435 g/mol. The van der Waals surface area contributed by atoms with E-state index in [4.69, 9.17) is 4.74 Å². The molecule has 1 heterocycles. The van der Waals surface area contributed by atoms with E-state index in [0.717, 1.165) is 16.0 Å². The van der Waals surface area contributed by atoms with Gasteiger partial charge in [-0.25, -0.2) is 4.79 Å². The average Bonchev–Trinajstić information content (AvgIpc) is 3.05. The third-order valence-electron chi connectivity index (χ3n) is 4.26. The summed E-state index contributed by atoms with van der Waals surface area (Å²) in [6.45, 7) is 2.72. The van der Waals surface area contributed by atoms with E-state index >= 15 is 0 Å². The number of ether oxygens (including phenoxy) is 2. The van der Waals surface area contributed by atoms with Crippen molar-refractivity contribution in [3.05, 3.63) is 59.0 Å². The van der Waals surface area contributed by atoms with Gasteiger partial charge in [-0.1, -0.05) is 24.3 Å². The maximum Gasteiger partial charge on any atom is 0.573 e. The lowest BCUT2D eigenvalue weighted by Crippen LogP contribution is -2.49. The lowest BCUT2D eigenvalue weighted by molar-refractivity contribution is -0.274. The molecule has 3 aromatic rings. The van der Waals surface area contributed by atoms with Crippen LogP contribution in [0.15, 0.2) is 48.5 Å². The number of fused-ring (bicyclic) bond motifs is 1.